The van der Waals surface area contributed by atoms with Gasteiger partial charge in [-0.1, -0.05) is 129 Å². The van der Waals surface area contributed by atoms with E-state index >= 15 is 0 Å². The van der Waals surface area contributed by atoms with E-state index in [1.165, 1.54) is 89.9 Å². The van der Waals surface area contributed by atoms with Gasteiger partial charge in [-0.2, -0.15) is 0 Å². The van der Waals surface area contributed by atoms with Gasteiger partial charge >= 0.3 is 11.9 Å². The van der Waals surface area contributed by atoms with Crippen molar-refractivity contribution in [2.75, 3.05) is 0 Å². The minimum absolute atomic E-state index is 0.307. The van der Waals surface area contributed by atoms with Crippen molar-refractivity contribution in [3.8, 4) is 0 Å². The molecule has 0 aromatic heterocycles. The first-order chi connectivity index (χ1) is 17.3. The lowest BCUT2D eigenvalue weighted by atomic mass is 9.93. The Morgan fingerprint density at radius 1 is 0.417 bits per heavy atom. The number of carbonyl (C=O) groups is 4. The molecule has 2 unspecified atom stereocenters. The molecule has 36 heavy (non-hydrogen) atoms. The number of ketones is 2. The van der Waals surface area contributed by atoms with E-state index in [2.05, 4.69) is 0 Å². The molecular weight excluding hydrogens is 456 g/mol. The highest BCUT2D eigenvalue weighted by Crippen LogP contribution is 2.19. The summed E-state index contributed by atoms with van der Waals surface area (Å²) in [5, 5.41) is 17.6. The van der Waals surface area contributed by atoms with Crippen LogP contribution in [0.2, 0.25) is 0 Å². The Morgan fingerprint density at radius 2 is 0.611 bits per heavy atom. The number of carboxylic acid groups (broad SMARTS) is 2. The normalized spacial score (nSPS) is 12.8. The minimum Gasteiger partial charge on any atom is -0.475 e. The Bertz CT molecular complexity index is 548. The molecule has 0 bridgehead atoms. The Kier molecular flexibility index (Phi) is 22.5. The zero-order chi connectivity index (χ0) is 27.0. The average molecular weight is 511 g/mol. The largest absolute Gasteiger partial charge is 0.475 e. The smallest absolute Gasteiger partial charge is 0.372 e. The molecule has 0 radical (unpaired) electrons. The van der Waals surface area contributed by atoms with Crippen molar-refractivity contribution in [3.63, 3.8) is 0 Å². The summed E-state index contributed by atoms with van der Waals surface area (Å²) in [5.74, 6) is -4.44. The van der Waals surface area contributed by atoms with Gasteiger partial charge in [-0.15, -0.1) is 0 Å². The fraction of sp³-hybridized carbons (Fsp3) is 0.867. The van der Waals surface area contributed by atoms with Crippen LogP contribution in [0.4, 0.5) is 0 Å². The molecule has 2 atom stereocenters. The SMILES string of the molecule is CCC(CCCCCCCCCCCCCCCCCCCCC(CC)C(=O)C(=O)O)C(=O)C(=O)O. The lowest BCUT2D eigenvalue weighted by molar-refractivity contribution is -0.151. The zero-order valence-electron chi connectivity index (χ0n) is 23.2. The highest BCUT2D eigenvalue weighted by molar-refractivity contribution is 6.33. The molecule has 0 spiro atoms. The van der Waals surface area contributed by atoms with Crippen molar-refractivity contribution in [2.24, 2.45) is 11.8 Å². The number of aliphatic carboxylic acids is 2. The third-order valence-corrected chi connectivity index (χ3v) is 7.50. The van der Waals surface area contributed by atoms with E-state index in [0.717, 1.165) is 25.7 Å². The van der Waals surface area contributed by atoms with Crippen LogP contribution in [0.1, 0.15) is 155 Å². The van der Waals surface area contributed by atoms with Gasteiger partial charge in [-0.05, 0) is 25.7 Å². The second kappa shape index (κ2) is 23.7. The maximum absolute atomic E-state index is 11.5. The summed E-state index contributed by atoms with van der Waals surface area (Å²) in [4.78, 5) is 44.6. The quantitative estimate of drug-likeness (QED) is 0.0852. The van der Waals surface area contributed by atoms with Crippen LogP contribution < -0.4 is 0 Å². The van der Waals surface area contributed by atoms with E-state index in [4.69, 9.17) is 10.2 Å². The van der Waals surface area contributed by atoms with Gasteiger partial charge in [-0.3, -0.25) is 9.59 Å². The van der Waals surface area contributed by atoms with E-state index < -0.39 is 23.5 Å². The van der Waals surface area contributed by atoms with Crippen molar-refractivity contribution in [1.29, 1.82) is 0 Å². The molecule has 0 saturated carbocycles. The predicted molar refractivity (Wildman–Crippen MR) is 145 cm³/mol. The summed E-state index contributed by atoms with van der Waals surface area (Å²) in [6, 6.07) is 0. The maximum atomic E-state index is 11.5. The molecule has 2 N–H and O–H groups in total. The molecule has 6 heteroatoms. The summed E-state index contributed by atoms with van der Waals surface area (Å²) in [7, 11) is 0. The highest BCUT2D eigenvalue weighted by Gasteiger charge is 2.23. The van der Waals surface area contributed by atoms with Gasteiger partial charge in [0.2, 0.25) is 11.6 Å². The van der Waals surface area contributed by atoms with Crippen LogP contribution >= 0.6 is 0 Å². The molecule has 0 aliphatic heterocycles. The minimum atomic E-state index is -1.29. The molecule has 0 aliphatic carbocycles. The lowest BCUT2D eigenvalue weighted by Crippen LogP contribution is -2.22. The Hall–Kier alpha value is -1.72. The third-order valence-electron chi connectivity index (χ3n) is 7.50. The van der Waals surface area contributed by atoms with Crippen LogP contribution in [0.25, 0.3) is 0 Å². The fourth-order valence-electron chi connectivity index (χ4n) is 5.00. The summed E-state index contributed by atoms with van der Waals surface area (Å²) >= 11 is 0. The first-order valence-corrected chi connectivity index (χ1v) is 14.9. The van der Waals surface area contributed by atoms with E-state index in [0.29, 0.717) is 25.7 Å². The summed E-state index contributed by atoms with van der Waals surface area (Å²) in [6.07, 6.45) is 24.7. The molecule has 6 nitrogen and oxygen atoms in total. The van der Waals surface area contributed by atoms with Gasteiger partial charge in [0.05, 0.1) is 0 Å². The van der Waals surface area contributed by atoms with E-state index in [1.807, 2.05) is 13.8 Å². The van der Waals surface area contributed by atoms with Gasteiger partial charge in [-0.25, -0.2) is 9.59 Å². The van der Waals surface area contributed by atoms with Crippen LogP contribution in [-0.2, 0) is 19.2 Å². The number of carboxylic acids is 2. The highest BCUT2D eigenvalue weighted by atomic mass is 16.4. The molecule has 0 aromatic carbocycles. The molecular formula is C30H54O6. The van der Waals surface area contributed by atoms with E-state index in [-0.39, 0.29) is 11.8 Å². The van der Waals surface area contributed by atoms with E-state index in [1.54, 1.807) is 0 Å². The van der Waals surface area contributed by atoms with Gasteiger partial charge in [0, 0.05) is 11.8 Å². The van der Waals surface area contributed by atoms with Gasteiger partial charge in [0.25, 0.3) is 0 Å². The second-order valence-corrected chi connectivity index (χ2v) is 10.5. The average Bonchev–Trinajstić information content (AvgIpc) is 2.86. The maximum Gasteiger partial charge on any atom is 0.372 e. The molecule has 0 saturated heterocycles. The first kappa shape index (κ1) is 34.3. The van der Waals surface area contributed by atoms with Gasteiger partial charge < -0.3 is 10.2 Å². The number of hydrogen-bond donors (Lipinski definition) is 2. The number of Topliss-reactive ketones (excluding diaryl/α,β-unsaturated/α-hetero) is 2. The van der Waals surface area contributed by atoms with Crippen molar-refractivity contribution >= 4 is 23.5 Å². The Balaban J connectivity index is 3.35. The predicted octanol–water partition coefficient (Wildman–Crippen LogP) is 8.15. The first-order valence-electron chi connectivity index (χ1n) is 14.9. The molecule has 0 aliphatic rings. The summed E-state index contributed by atoms with van der Waals surface area (Å²) in [5.41, 5.74) is 0. The standard InChI is InChI=1S/C30H54O6/c1-3-25(27(31)29(33)34)23-21-19-17-15-13-11-9-7-5-6-8-10-12-14-16-18-20-22-24-26(4-2)28(32)30(35)36/h25-26H,3-24H2,1-2H3,(H,33,34)(H,35,36). The summed E-state index contributed by atoms with van der Waals surface area (Å²) < 4.78 is 0. The summed E-state index contributed by atoms with van der Waals surface area (Å²) in [6.45, 7) is 3.77. The molecule has 0 aromatic rings. The molecule has 210 valence electrons. The van der Waals surface area contributed by atoms with Gasteiger partial charge in [0.15, 0.2) is 0 Å². The second-order valence-electron chi connectivity index (χ2n) is 10.5. The van der Waals surface area contributed by atoms with Crippen molar-refractivity contribution in [1.82, 2.24) is 0 Å². The number of rotatable bonds is 27. The molecule has 0 fully saturated rings. The fourth-order valence-corrected chi connectivity index (χ4v) is 5.00. The Labute approximate surface area is 220 Å². The van der Waals surface area contributed by atoms with Crippen molar-refractivity contribution < 1.29 is 29.4 Å². The van der Waals surface area contributed by atoms with Crippen LogP contribution in [0, 0.1) is 11.8 Å². The van der Waals surface area contributed by atoms with Crippen LogP contribution in [0.15, 0.2) is 0 Å². The molecule has 0 rings (SSSR count). The van der Waals surface area contributed by atoms with Crippen molar-refractivity contribution in [2.45, 2.75) is 155 Å². The zero-order valence-corrected chi connectivity index (χ0v) is 23.2. The monoisotopic (exact) mass is 510 g/mol. The number of unbranched alkanes of at least 4 members (excludes halogenated alkanes) is 17. The number of hydrogen-bond acceptors (Lipinski definition) is 4. The van der Waals surface area contributed by atoms with E-state index in [9.17, 15) is 19.2 Å². The van der Waals surface area contributed by atoms with Gasteiger partial charge in [0.1, 0.15) is 0 Å². The number of carbonyl (C=O) groups excluding carboxylic acids is 2. The van der Waals surface area contributed by atoms with Crippen molar-refractivity contribution in [3.05, 3.63) is 0 Å². The van der Waals surface area contributed by atoms with Crippen LogP contribution in [0.3, 0.4) is 0 Å². The van der Waals surface area contributed by atoms with Crippen LogP contribution in [0.5, 0.6) is 0 Å². The molecule has 0 heterocycles. The topological polar surface area (TPSA) is 109 Å². The Morgan fingerprint density at radius 3 is 0.778 bits per heavy atom. The lowest BCUT2D eigenvalue weighted by Gasteiger charge is -2.10. The molecule has 0 amide bonds. The van der Waals surface area contributed by atoms with Crippen LogP contribution in [-0.4, -0.2) is 33.7 Å². The third kappa shape index (κ3) is 18.5.